The van der Waals surface area contributed by atoms with E-state index in [1.54, 1.807) is 36.4 Å². The van der Waals surface area contributed by atoms with E-state index in [1.807, 2.05) is 24.3 Å². The Labute approximate surface area is 239 Å². The Morgan fingerprint density at radius 1 is 0.780 bits per heavy atom. The molecule has 0 saturated carbocycles. The summed E-state index contributed by atoms with van der Waals surface area (Å²) in [6.07, 6.45) is -1.84. The Bertz CT molecular complexity index is 1480. The van der Waals surface area contributed by atoms with Crippen LogP contribution in [0.2, 0.25) is 0 Å². The quantitative estimate of drug-likeness (QED) is 0.236. The number of rotatable bonds is 12. The maximum atomic E-state index is 13.6. The van der Waals surface area contributed by atoms with Gasteiger partial charge in [0.15, 0.2) is 0 Å². The van der Waals surface area contributed by atoms with Gasteiger partial charge in [0.1, 0.15) is 0 Å². The number of piperazine rings is 1. The van der Waals surface area contributed by atoms with Crippen molar-refractivity contribution in [1.82, 2.24) is 20.0 Å². The second kappa shape index (κ2) is 13.3. The van der Waals surface area contributed by atoms with Crippen LogP contribution >= 0.6 is 0 Å². The zero-order valence-corrected chi connectivity index (χ0v) is 23.5. The number of benzene rings is 3. The Morgan fingerprint density at radius 3 is 2.00 bits per heavy atom. The van der Waals surface area contributed by atoms with Gasteiger partial charge in [0.2, 0.25) is 15.9 Å². The lowest BCUT2D eigenvalue weighted by molar-refractivity contribution is 0.116. The third-order valence-corrected chi connectivity index (χ3v) is 8.93. The van der Waals surface area contributed by atoms with Crippen LogP contribution in [0.5, 0.6) is 0 Å². The number of halogens is 2. The zero-order valence-electron chi connectivity index (χ0n) is 22.6. The average molecular weight is 582 g/mol. The molecule has 5 rings (SSSR count). The van der Waals surface area contributed by atoms with Gasteiger partial charge in [-0.15, -0.1) is 10.2 Å². The molecule has 11 heteroatoms. The molecule has 0 radical (unpaired) electrons. The van der Waals surface area contributed by atoms with E-state index < -0.39 is 22.3 Å². The van der Waals surface area contributed by atoms with E-state index in [0.717, 1.165) is 44.7 Å². The number of nitrogens with zero attached hydrogens (tertiary/aromatic N) is 5. The molecule has 3 aromatic carbocycles. The van der Waals surface area contributed by atoms with E-state index in [4.69, 9.17) is 4.42 Å². The molecule has 1 saturated heterocycles. The minimum absolute atomic E-state index is 0.00236. The SMILES string of the molecule is O=S(=O)(CCN1CCN(CCc2ccccc2)CC1)N(Cc1ccc(-c2nnc(C(F)F)o2)cc1)c1ccccc1. The molecular weight excluding hydrogens is 548 g/mol. The minimum atomic E-state index is -3.65. The van der Waals surface area contributed by atoms with Crippen molar-refractivity contribution in [1.29, 1.82) is 0 Å². The summed E-state index contributed by atoms with van der Waals surface area (Å²) in [5, 5.41) is 7.03. The largest absolute Gasteiger partial charge is 0.415 e. The summed E-state index contributed by atoms with van der Waals surface area (Å²) in [4.78, 5) is 4.65. The van der Waals surface area contributed by atoms with Crippen LogP contribution in [0.15, 0.2) is 89.3 Å². The number of para-hydroxylation sites is 1. The van der Waals surface area contributed by atoms with E-state index >= 15 is 0 Å². The molecule has 4 aromatic rings. The first-order valence-corrected chi connectivity index (χ1v) is 15.2. The number of anilines is 1. The molecule has 0 spiro atoms. The Morgan fingerprint density at radius 2 is 1.39 bits per heavy atom. The zero-order chi connectivity index (χ0) is 28.7. The smallest absolute Gasteiger partial charge is 0.314 e. The maximum absolute atomic E-state index is 13.6. The topological polar surface area (TPSA) is 82.8 Å². The van der Waals surface area contributed by atoms with Crippen LogP contribution in [0.4, 0.5) is 14.5 Å². The van der Waals surface area contributed by atoms with Crippen LogP contribution in [0.3, 0.4) is 0 Å². The van der Waals surface area contributed by atoms with Crippen molar-refractivity contribution < 1.29 is 21.6 Å². The molecule has 0 aliphatic carbocycles. The van der Waals surface area contributed by atoms with Crippen molar-refractivity contribution in [2.24, 2.45) is 0 Å². The van der Waals surface area contributed by atoms with E-state index in [9.17, 15) is 17.2 Å². The molecule has 1 aliphatic rings. The summed E-state index contributed by atoms with van der Waals surface area (Å²) in [7, 11) is -3.65. The van der Waals surface area contributed by atoms with Gasteiger partial charge in [-0.25, -0.2) is 8.42 Å². The lowest BCUT2D eigenvalue weighted by atomic mass is 10.1. The van der Waals surface area contributed by atoms with Crippen molar-refractivity contribution in [3.63, 3.8) is 0 Å². The van der Waals surface area contributed by atoms with Gasteiger partial charge in [-0.2, -0.15) is 8.78 Å². The lowest BCUT2D eigenvalue weighted by Crippen LogP contribution is -2.48. The van der Waals surface area contributed by atoms with Gasteiger partial charge in [-0.05, 0) is 41.8 Å². The molecule has 1 aromatic heterocycles. The highest BCUT2D eigenvalue weighted by molar-refractivity contribution is 7.92. The van der Waals surface area contributed by atoms with Crippen molar-refractivity contribution in [2.45, 2.75) is 19.4 Å². The molecule has 0 unspecified atom stereocenters. The normalized spacial score (nSPS) is 14.9. The van der Waals surface area contributed by atoms with Crippen molar-refractivity contribution >= 4 is 15.7 Å². The first-order valence-electron chi connectivity index (χ1n) is 13.6. The highest BCUT2D eigenvalue weighted by Gasteiger charge is 2.25. The molecule has 0 N–H and O–H groups in total. The third-order valence-electron chi connectivity index (χ3n) is 7.22. The number of hydrogen-bond acceptors (Lipinski definition) is 7. The fourth-order valence-corrected chi connectivity index (χ4v) is 6.32. The second-order valence-corrected chi connectivity index (χ2v) is 12.0. The summed E-state index contributed by atoms with van der Waals surface area (Å²) < 4.78 is 59.3. The molecule has 1 fully saturated rings. The summed E-state index contributed by atoms with van der Waals surface area (Å²) in [5.74, 6) is -0.749. The monoisotopic (exact) mass is 581 g/mol. The van der Waals surface area contributed by atoms with Gasteiger partial charge in [0.05, 0.1) is 18.0 Å². The standard InChI is InChI=1S/C30H33F2N5O3S/c31-28(32)30-34-33-29(40-30)26-13-11-25(12-14-26)23-37(27-9-5-2-6-10-27)41(38,39)22-21-36-19-17-35(18-20-36)16-15-24-7-3-1-4-8-24/h1-14,28H,15-23H2. The van der Waals surface area contributed by atoms with Crippen molar-refractivity contribution in [2.75, 3.05) is 49.3 Å². The molecule has 1 aliphatic heterocycles. The van der Waals surface area contributed by atoms with Crippen LogP contribution in [0.1, 0.15) is 23.4 Å². The predicted octanol–water partition coefficient (Wildman–Crippen LogP) is 4.87. The fraction of sp³-hybridized carbons (Fsp3) is 0.333. The van der Waals surface area contributed by atoms with E-state index in [1.165, 1.54) is 9.87 Å². The summed E-state index contributed by atoms with van der Waals surface area (Å²) in [6.45, 7) is 5.09. The molecule has 8 nitrogen and oxygen atoms in total. The Kier molecular flexibility index (Phi) is 9.38. The molecule has 41 heavy (non-hydrogen) atoms. The van der Waals surface area contributed by atoms with E-state index in [2.05, 4.69) is 44.3 Å². The molecule has 2 heterocycles. The van der Waals surface area contributed by atoms with Gasteiger partial charge in [0.25, 0.3) is 5.89 Å². The predicted molar refractivity (Wildman–Crippen MR) is 154 cm³/mol. The summed E-state index contributed by atoms with van der Waals surface area (Å²) in [6, 6.07) is 26.3. The number of sulfonamides is 1. The van der Waals surface area contributed by atoms with Crippen molar-refractivity contribution in [3.8, 4) is 11.5 Å². The summed E-state index contributed by atoms with van der Waals surface area (Å²) in [5.41, 5.74) is 3.12. The number of aromatic nitrogens is 2. The van der Waals surface area contributed by atoms with Crippen molar-refractivity contribution in [3.05, 3.63) is 102 Å². The highest BCUT2D eigenvalue weighted by atomic mass is 32.2. The van der Waals surface area contributed by atoms with Crippen LogP contribution in [-0.4, -0.2) is 73.4 Å². The van der Waals surface area contributed by atoms with Gasteiger partial charge in [-0.1, -0.05) is 60.7 Å². The molecule has 216 valence electrons. The van der Waals surface area contributed by atoms with Crippen LogP contribution < -0.4 is 4.31 Å². The second-order valence-electron chi connectivity index (χ2n) is 10.0. The van der Waals surface area contributed by atoms with Crippen LogP contribution in [0, 0.1) is 0 Å². The third kappa shape index (κ3) is 7.75. The number of hydrogen-bond donors (Lipinski definition) is 0. The van der Waals surface area contributed by atoms with Gasteiger partial charge in [-0.3, -0.25) is 9.21 Å². The molecule has 0 atom stereocenters. The van der Waals surface area contributed by atoms with Gasteiger partial charge < -0.3 is 9.32 Å². The first-order chi connectivity index (χ1) is 19.9. The average Bonchev–Trinajstić information content (AvgIpc) is 3.51. The Hall–Kier alpha value is -3.67. The lowest BCUT2D eigenvalue weighted by Gasteiger charge is -2.35. The maximum Gasteiger partial charge on any atom is 0.314 e. The fourth-order valence-electron chi connectivity index (χ4n) is 4.83. The molecule has 0 bridgehead atoms. The minimum Gasteiger partial charge on any atom is -0.415 e. The number of alkyl halides is 2. The van der Waals surface area contributed by atoms with Gasteiger partial charge in [0, 0.05) is 44.8 Å². The van der Waals surface area contributed by atoms with Crippen LogP contribution in [0.25, 0.3) is 11.5 Å². The molecular formula is C30H33F2N5O3S. The molecule has 0 amide bonds. The summed E-state index contributed by atoms with van der Waals surface area (Å²) >= 11 is 0. The van der Waals surface area contributed by atoms with Gasteiger partial charge >= 0.3 is 6.43 Å². The van der Waals surface area contributed by atoms with E-state index in [-0.39, 0.29) is 18.2 Å². The first kappa shape index (κ1) is 28.8. The van der Waals surface area contributed by atoms with Crippen LogP contribution in [-0.2, 0) is 23.0 Å². The van der Waals surface area contributed by atoms with E-state index in [0.29, 0.717) is 17.8 Å². The Balaban J connectivity index is 1.19. The highest BCUT2D eigenvalue weighted by Crippen LogP contribution is 2.25.